The minimum Gasteiger partial charge on any atom is -0.480 e. The summed E-state index contributed by atoms with van der Waals surface area (Å²) in [6.07, 6.45) is 1.17. The number of H-pyrrole nitrogens is 1. The lowest BCUT2D eigenvalue weighted by Gasteiger charge is -2.33. The van der Waals surface area contributed by atoms with Crippen LogP contribution in [0.25, 0.3) is 0 Å². The summed E-state index contributed by atoms with van der Waals surface area (Å²) >= 11 is 0. The second kappa shape index (κ2) is 14.6. The normalized spacial score (nSPS) is 15.2. The molecule has 0 saturated carbocycles. The van der Waals surface area contributed by atoms with Gasteiger partial charge in [-0.05, 0) is 36.1 Å². The fourth-order valence-corrected chi connectivity index (χ4v) is 4.93. The molecule has 10 nitrogen and oxygen atoms in total. The molecule has 2 amide bonds. The van der Waals surface area contributed by atoms with E-state index >= 15 is 0 Å². The van der Waals surface area contributed by atoms with Crippen molar-refractivity contribution in [2.75, 3.05) is 13.1 Å². The lowest BCUT2D eigenvalue weighted by molar-refractivity contribution is -0.141. The number of aromatic nitrogens is 1. The molecule has 1 aromatic heterocycles. The van der Waals surface area contributed by atoms with E-state index in [1.165, 1.54) is 0 Å². The van der Waals surface area contributed by atoms with E-state index in [0.717, 1.165) is 11.1 Å². The fourth-order valence-electron chi connectivity index (χ4n) is 4.93. The number of carboxylic acids is 1. The molecule has 0 bridgehead atoms. The number of amides is 2. The molecule has 1 aliphatic heterocycles. The molecular formula is C30H38N6O4. The summed E-state index contributed by atoms with van der Waals surface area (Å²) in [5.74, 6) is -2.24. The maximum Gasteiger partial charge on any atom is 0.317 e. The molecule has 10 heteroatoms. The second-order valence-electron chi connectivity index (χ2n) is 9.27. The van der Waals surface area contributed by atoms with Crippen LogP contribution in [-0.4, -0.2) is 63.8 Å². The zero-order valence-corrected chi connectivity index (χ0v) is 22.9. The quantitative estimate of drug-likeness (QED) is 0.160. The van der Waals surface area contributed by atoms with Gasteiger partial charge in [0.15, 0.2) is 0 Å². The van der Waals surface area contributed by atoms with Gasteiger partial charge in [-0.1, -0.05) is 74.5 Å². The first-order valence-corrected chi connectivity index (χ1v) is 13.5. The number of amidine groups is 1. The summed E-state index contributed by atoms with van der Waals surface area (Å²) in [5, 5.41) is 22.8. The van der Waals surface area contributed by atoms with E-state index in [4.69, 9.17) is 11.1 Å². The lowest BCUT2D eigenvalue weighted by atomic mass is 9.84. The molecule has 2 unspecified atom stereocenters. The SMILES string of the molecule is CC.N=C(N)c1ccc(CNC(=O)C2CCCN2C(=O)C(NCC(=O)O)C(c2ccccc2)c2ccccc2)[nH]1. The molecule has 1 fully saturated rings. The summed E-state index contributed by atoms with van der Waals surface area (Å²) in [6.45, 7) is 4.19. The first-order valence-electron chi connectivity index (χ1n) is 13.5. The Kier molecular flexibility index (Phi) is 11.0. The van der Waals surface area contributed by atoms with Crippen molar-refractivity contribution in [2.24, 2.45) is 5.73 Å². The van der Waals surface area contributed by atoms with Gasteiger partial charge in [0.1, 0.15) is 11.9 Å². The Bertz CT molecular complexity index is 1240. The average Bonchev–Trinajstić information content (AvgIpc) is 3.66. The fraction of sp³-hybridized carbons (Fsp3) is 0.333. The molecule has 1 aliphatic rings. The highest BCUT2D eigenvalue weighted by atomic mass is 16.4. The summed E-state index contributed by atoms with van der Waals surface area (Å²) < 4.78 is 0. The summed E-state index contributed by atoms with van der Waals surface area (Å²) in [4.78, 5) is 43.3. The molecular weight excluding hydrogens is 508 g/mol. The average molecular weight is 547 g/mol. The number of nitrogen functional groups attached to an aromatic ring is 1. The van der Waals surface area contributed by atoms with Gasteiger partial charge in [0.05, 0.1) is 24.8 Å². The number of rotatable bonds is 11. The van der Waals surface area contributed by atoms with Crippen molar-refractivity contribution >= 4 is 23.6 Å². The van der Waals surface area contributed by atoms with Crippen LogP contribution in [0.4, 0.5) is 0 Å². The predicted molar refractivity (Wildman–Crippen MR) is 154 cm³/mol. The van der Waals surface area contributed by atoms with Gasteiger partial charge >= 0.3 is 5.97 Å². The Labute approximate surface area is 234 Å². The van der Waals surface area contributed by atoms with Crippen molar-refractivity contribution < 1.29 is 19.5 Å². The van der Waals surface area contributed by atoms with E-state index in [1.807, 2.05) is 74.5 Å². The van der Waals surface area contributed by atoms with Gasteiger partial charge in [0.25, 0.3) is 0 Å². The molecule has 1 saturated heterocycles. The highest BCUT2D eigenvalue weighted by Crippen LogP contribution is 2.31. The standard InChI is InChI=1S/C28H32N6O4.C2H6/c29-26(30)21-14-13-20(33-21)16-32-27(37)22-12-7-15-34(22)28(38)25(31-17-23(35)36)24(18-8-3-1-4-9-18)19-10-5-2-6-11-19;1-2/h1-6,8-11,13-14,22,24-25,31,33H,7,12,15-17H2,(H3,29,30)(H,32,37)(H,35,36);1-2H3. The number of likely N-dealkylation sites (tertiary alicyclic amines) is 1. The Morgan fingerprint density at radius 1 is 1.02 bits per heavy atom. The molecule has 0 radical (unpaired) electrons. The number of carbonyl (C=O) groups is 3. The van der Waals surface area contributed by atoms with E-state index in [-0.39, 0.29) is 24.2 Å². The highest BCUT2D eigenvalue weighted by molar-refractivity contribution is 5.93. The van der Waals surface area contributed by atoms with Gasteiger partial charge in [-0.15, -0.1) is 0 Å². The molecule has 2 atom stereocenters. The van der Waals surface area contributed by atoms with Gasteiger partial charge in [0.2, 0.25) is 11.8 Å². The van der Waals surface area contributed by atoms with Crippen LogP contribution in [0, 0.1) is 5.41 Å². The number of benzene rings is 2. The molecule has 4 rings (SSSR count). The van der Waals surface area contributed by atoms with Gasteiger partial charge < -0.3 is 26.0 Å². The third kappa shape index (κ3) is 7.57. The Hall–Kier alpha value is -4.44. The van der Waals surface area contributed by atoms with Crippen LogP contribution in [0.2, 0.25) is 0 Å². The molecule has 40 heavy (non-hydrogen) atoms. The number of nitrogens with zero attached hydrogens (tertiary/aromatic N) is 1. The first kappa shape index (κ1) is 30.1. The Morgan fingerprint density at radius 2 is 1.62 bits per heavy atom. The third-order valence-electron chi connectivity index (χ3n) is 6.72. The Morgan fingerprint density at radius 3 is 2.15 bits per heavy atom. The number of hydrogen-bond acceptors (Lipinski definition) is 5. The van der Waals surface area contributed by atoms with Crippen molar-refractivity contribution in [1.29, 1.82) is 5.41 Å². The van der Waals surface area contributed by atoms with Gasteiger partial charge in [0, 0.05) is 18.2 Å². The lowest BCUT2D eigenvalue weighted by Crippen LogP contribution is -2.55. The van der Waals surface area contributed by atoms with Crippen molar-refractivity contribution in [1.82, 2.24) is 20.5 Å². The van der Waals surface area contributed by atoms with Crippen molar-refractivity contribution in [3.63, 3.8) is 0 Å². The summed E-state index contributed by atoms with van der Waals surface area (Å²) in [7, 11) is 0. The first-order chi connectivity index (χ1) is 19.3. The molecule has 7 N–H and O–H groups in total. The van der Waals surface area contributed by atoms with E-state index in [9.17, 15) is 19.5 Å². The minimum absolute atomic E-state index is 0.0959. The maximum atomic E-state index is 14.1. The number of carboxylic acid groups (broad SMARTS) is 1. The van der Waals surface area contributed by atoms with Gasteiger partial charge in [-0.2, -0.15) is 0 Å². The van der Waals surface area contributed by atoms with Crippen LogP contribution in [0.15, 0.2) is 72.8 Å². The number of nitrogens with two attached hydrogens (primary N) is 1. The number of nitrogens with one attached hydrogen (secondary N) is 4. The predicted octanol–water partition coefficient (Wildman–Crippen LogP) is 2.81. The van der Waals surface area contributed by atoms with Crippen LogP contribution in [0.1, 0.15) is 55.1 Å². The van der Waals surface area contributed by atoms with Crippen molar-refractivity contribution in [3.05, 3.63) is 95.3 Å². The number of carbonyl (C=O) groups excluding carboxylic acids is 2. The molecule has 212 valence electrons. The maximum absolute atomic E-state index is 14.1. The zero-order chi connectivity index (χ0) is 29.1. The van der Waals surface area contributed by atoms with Crippen molar-refractivity contribution in [3.8, 4) is 0 Å². The molecule has 2 aromatic carbocycles. The van der Waals surface area contributed by atoms with E-state index in [1.54, 1.807) is 17.0 Å². The number of aliphatic carboxylic acids is 1. The Balaban J connectivity index is 0.00000216. The molecule has 2 heterocycles. The van der Waals surface area contributed by atoms with Crippen LogP contribution >= 0.6 is 0 Å². The van der Waals surface area contributed by atoms with Crippen LogP contribution in [0.3, 0.4) is 0 Å². The van der Waals surface area contributed by atoms with Crippen LogP contribution in [0.5, 0.6) is 0 Å². The van der Waals surface area contributed by atoms with Gasteiger partial charge in [-0.25, -0.2) is 0 Å². The van der Waals surface area contributed by atoms with Crippen molar-refractivity contribution in [2.45, 2.75) is 51.2 Å². The number of hydrogen-bond donors (Lipinski definition) is 6. The van der Waals surface area contributed by atoms with E-state index in [2.05, 4.69) is 15.6 Å². The third-order valence-corrected chi connectivity index (χ3v) is 6.72. The smallest absolute Gasteiger partial charge is 0.317 e. The van der Waals surface area contributed by atoms with Gasteiger partial charge in [-0.3, -0.25) is 25.1 Å². The highest BCUT2D eigenvalue weighted by Gasteiger charge is 2.40. The molecule has 3 aromatic rings. The number of aromatic amines is 1. The van der Waals surface area contributed by atoms with Crippen LogP contribution < -0.4 is 16.4 Å². The zero-order valence-electron chi connectivity index (χ0n) is 22.9. The largest absolute Gasteiger partial charge is 0.480 e. The summed E-state index contributed by atoms with van der Waals surface area (Å²) in [5.41, 5.74) is 8.37. The van der Waals surface area contributed by atoms with E-state index < -0.39 is 30.5 Å². The van der Waals surface area contributed by atoms with Crippen LogP contribution in [-0.2, 0) is 20.9 Å². The monoisotopic (exact) mass is 546 g/mol. The summed E-state index contributed by atoms with van der Waals surface area (Å²) in [6, 6.07) is 20.8. The minimum atomic E-state index is -1.07. The second-order valence-corrected chi connectivity index (χ2v) is 9.27. The molecule has 0 aliphatic carbocycles. The molecule has 0 spiro atoms. The van der Waals surface area contributed by atoms with E-state index in [0.29, 0.717) is 30.8 Å². The topological polar surface area (TPSA) is 164 Å².